The first-order valence-electron chi connectivity index (χ1n) is 4.75. The summed E-state index contributed by atoms with van der Waals surface area (Å²) in [6.45, 7) is 1.89. The molecule has 0 bridgehead atoms. The normalized spacial score (nSPS) is 10.6. The van der Waals surface area contributed by atoms with Crippen LogP contribution < -0.4 is 0 Å². The van der Waals surface area contributed by atoms with E-state index in [9.17, 15) is 9.18 Å². The molecule has 88 valence electrons. The van der Waals surface area contributed by atoms with Crippen LogP contribution in [0.4, 0.5) is 4.39 Å². The van der Waals surface area contributed by atoms with Gasteiger partial charge in [0, 0.05) is 9.35 Å². The minimum absolute atomic E-state index is 0.00579. The maximum Gasteiger partial charge on any atom is 0.205 e. The van der Waals surface area contributed by atoms with Gasteiger partial charge in [0.15, 0.2) is 5.82 Å². The highest BCUT2D eigenvalue weighted by molar-refractivity contribution is 9.10. The van der Waals surface area contributed by atoms with Crippen LogP contribution in [0.15, 0.2) is 28.7 Å². The van der Waals surface area contributed by atoms with Crippen molar-refractivity contribution in [1.29, 1.82) is 0 Å². The summed E-state index contributed by atoms with van der Waals surface area (Å²) >= 11 is 10.3. The van der Waals surface area contributed by atoms with Gasteiger partial charge in [0.2, 0.25) is 5.78 Å². The molecule has 0 radical (unpaired) electrons. The van der Waals surface area contributed by atoms with Gasteiger partial charge in [-0.15, -0.1) is 11.3 Å². The molecule has 2 rings (SSSR count). The lowest BCUT2D eigenvalue weighted by Crippen LogP contribution is -2.02. The van der Waals surface area contributed by atoms with Crippen molar-refractivity contribution in [3.8, 4) is 0 Å². The number of ketones is 1. The molecule has 0 aliphatic carbocycles. The fourth-order valence-corrected chi connectivity index (χ4v) is 3.05. The summed E-state index contributed by atoms with van der Waals surface area (Å²) in [5, 5.41) is -0.0387. The molecule has 5 heteroatoms. The number of carbonyl (C=O) groups is 1. The summed E-state index contributed by atoms with van der Waals surface area (Å²) in [6.07, 6.45) is 0. The lowest BCUT2D eigenvalue weighted by Gasteiger charge is -2.01. The first-order valence-corrected chi connectivity index (χ1v) is 6.74. The Morgan fingerprint density at radius 1 is 1.47 bits per heavy atom. The Kier molecular flexibility index (Phi) is 3.66. The number of rotatable bonds is 2. The van der Waals surface area contributed by atoms with Gasteiger partial charge in [0.1, 0.15) is 0 Å². The topological polar surface area (TPSA) is 17.1 Å². The molecule has 0 aliphatic rings. The van der Waals surface area contributed by atoms with Gasteiger partial charge >= 0.3 is 0 Å². The third-order valence-corrected chi connectivity index (χ3v) is 4.70. The van der Waals surface area contributed by atoms with Crippen LogP contribution in [0.1, 0.15) is 20.1 Å². The zero-order valence-electron chi connectivity index (χ0n) is 8.76. The van der Waals surface area contributed by atoms with Gasteiger partial charge in [-0.1, -0.05) is 17.7 Å². The molecule has 1 aromatic heterocycles. The molecule has 17 heavy (non-hydrogen) atoms. The summed E-state index contributed by atoms with van der Waals surface area (Å²) in [7, 11) is 0. The number of hydrogen-bond donors (Lipinski definition) is 0. The van der Waals surface area contributed by atoms with Crippen molar-refractivity contribution in [2.24, 2.45) is 0 Å². The maximum absolute atomic E-state index is 13.7. The molecule has 1 aromatic carbocycles. The first-order chi connectivity index (χ1) is 8.00. The number of carbonyl (C=O) groups excluding carboxylic acids is 1. The molecule has 1 nitrogen and oxygen atoms in total. The van der Waals surface area contributed by atoms with Crippen molar-refractivity contribution in [1.82, 2.24) is 0 Å². The summed E-state index contributed by atoms with van der Waals surface area (Å²) < 4.78 is 14.5. The maximum atomic E-state index is 13.7. The second-order valence-electron chi connectivity index (χ2n) is 3.45. The van der Waals surface area contributed by atoms with Crippen LogP contribution >= 0.6 is 38.9 Å². The molecule has 0 amide bonds. The van der Waals surface area contributed by atoms with E-state index < -0.39 is 5.82 Å². The van der Waals surface area contributed by atoms with Crippen molar-refractivity contribution in [3.05, 3.63) is 54.9 Å². The Morgan fingerprint density at radius 3 is 2.76 bits per heavy atom. The zero-order chi connectivity index (χ0) is 12.6. The Labute approximate surface area is 115 Å². The summed E-state index contributed by atoms with van der Waals surface area (Å²) in [5.41, 5.74) is 0.00579. The Bertz CT molecular complexity index is 575. The van der Waals surface area contributed by atoms with Crippen LogP contribution in [0.25, 0.3) is 0 Å². The number of hydrogen-bond acceptors (Lipinski definition) is 2. The number of aryl methyl sites for hydroxylation is 1. The van der Waals surface area contributed by atoms with Crippen LogP contribution in [0.2, 0.25) is 5.02 Å². The Morgan fingerprint density at radius 2 is 2.18 bits per heavy atom. The van der Waals surface area contributed by atoms with E-state index in [2.05, 4.69) is 15.9 Å². The van der Waals surface area contributed by atoms with E-state index in [4.69, 9.17) is 11.6 Å². The highest BCUT2D eigenvalue weighted by Gasteiger charge is 2.18. The van der Waals surface area contributed by atoms with Gasteiger partial charge in [-0.05, 0) is 41.1 Å². The molecule has 0 spiro atoms. The van der Waals surface area contributed by atoms with E-state index in [1.54, 1.807) is 12.1 Å². The highest BCUT2D eigenvalue weighted by Crippen LogP contribution is 2.29. The quantitative estimate of drug-likeness (QED) is 0.719. The monoisotopic (exact) mass is 332 g/mol. The fraction of sp³-hybridized carbons (Fsp3) is 0.0833. The first kappa shape index (κ1) is 12.7. The Balaban J connectivity index is 2.47. The van der Waals surface area contributed by atoms with Crippen LogP contribution in [0, 0.1) is 12.7 Å². The van der Waals surface area contributed by atoms with Crippen LogP contribution in [0.5, 0.6) is 0 Å². The van der Waals surface area contributed by atoms with Gasteiger partial charge in [0.25, 0.3) is 0 Å². The predicted octanol–water partition coefficient (Wildman–Crippen LogP) is 4.84. The van der Waals surface area contributed by atoms with Crippen LogP contribution in [-0.2, 0) is 0 Å². The molecule has 1 heterocycles. The molecule has 0 unspecified atom stereocenters. The number of benzene rings is 1. The third-order valence-electron chi connectivity index (χ3n) is 2.28. The average Bonchev–Trinajstić information content (AvgIpc) is 2.62. The van der Waals surface area contributed by atoms with E-state index >= 15 is 0 Å². The van der Waals surface area contributed by atoms with Crippen LogP contribution in [0.3, 0.4) is 0 Å². The van der Waals surface area contributed by atoms with Crippen molar-refractivity contribution >= 4 is 44.7 Å². The van der Waals surface area contributed by atoms with Gasteiger partial charge in [-0.3, -0.25) is 4.79 Å². The summed E-state index contributed by atoms with van der Waals surface area (Å²) in [6, 6.07) is 6.12. The minimum atomic E-state index is -0.665. The van der Waals surface area contributed by atoms with E-state index in [1.165, 1.54) is 23.5 Å². The minimum Gasteiger partial charge on any atom is -0.288 e. The molecule has 0 saturated carbocycles. The average molecular weight is 334 g/mol. The molecular weight excluding hydrogens is 327 g/mol. The number of halogens is 3. The molecule has 0 aliphatic heterocycles. The smallest absolute Gasteiger partial charge is 0.205 e. The van der Waals surface area contributed by atoms with Gasteiger partial charge in [0.05, 0.1) is 15.5 Å². The summed E-state index contributed by atoms with van der Waals surface area (Å²) in [4.78, 5) is 13.6. The SMILES string of the molecule is Cc1sc(C(=O)c2cccc(Cl)c2F)cc1Br. The zero-order valence-corrected chi connectivity index (χ0v) is 11.9. The molecule has 2 aromatic rings. The van der Waals surface area contributed by atoms with E-state index in [0.717, 1.165) is 9.35 Å². The second-order valence-corrected chi connectivity index (χ2v) is 5.96. The van der Waals surface area contributed by atoms with Gasteiger partial charge < -0.3 is 0 Å². The lowest BCUT2D eigenvalue weighted by molar-refractivity contribution is 0.103. The van der Waals surface area contributed by atoms with Crippen LogP contribution in [-0.4, -0.2) is 5.78 Å². The molecule has 0 atom stereocenters. The molecule has 0 fully saturated rings. The van der Waals surface area contributed by atoms with Crippen molar-refractivity contribution in [3.63, 3.8) is 0 Å². The van der Waals surface area contributed by atoms with E-state index in [0.29, 0.717) is 4.88 Å². The highest BCUT2D eigenvalue weighted by atomic mass is 79.9. The van der Waals surface area contributed by atoms with E-state index in [-0.39, 0.29) is 16.4 Å². The van der Waals surface area contributed by atoms with Gasteiger partial charge in [-0.25, -0.2) is 4.39 Å². The fourth-order valence-electron chi connectivity index (χ4n) is 1.38. The lowest BCUT2D eigenvalue weighted by atomic mass is 10.1. The van der Waals surface area contributed by atoms with Crippen molar-refractivity contribution < 1.29 is 9.18 Å². The van der Waals surface area contributed by atoms with Crippen molar-refractivity contribution in [2.45, 2.75) is 6.92 Å². The van der Waals surface area contributed by atoms with E-state index in [1.807, 2.05) is 6.92 Å². The summed E-state index contributed by atoms with van der Waals surface area (Å²) in [5.74, 6) is -1.01. The largest absolute Gasteiger partial charge is 0.288 e. The van der Waals surface area contributed by atoms with Crippen molar-refractivity contribution in [2.75, 3.05) is 0 Å². The second kappa shape index (κ2) is 4.88. The predicted molar refractivity (Wildman–Crippen MR) is 71.6 cm³/mol. The molecular formula is C12H7BrClFOS. The molecule has 0 saturated heterocycles. The number of thiophene rings is 1. The third kappa shape index (κ3) is 2.44. The standard InChI is InChI=1S/C12H7BrClFOS/c1-6-8(13)5-10(17-6)12(16)7-3-2-4-9(14)11(7)15/h2-5H,1H3. The molecule has 0 N–H and O–H groups in total. The Hall–Kier alpha value is -0.710. The van der Waals surface area contributed by atoms with Gasteiger partial charge in [-0.2, -0.15) is 0 Å².